The summed E-state index contributed by atoms with van der Waals surface area (Å²) in [5.74, 6) is 0. The van der Waals surface area contributed by atoms with Crippen molar-refractivity contribution in [3.63, 3.8) is 0 Å². The number of anilines is 1. The zero-order valence-electron chi connectivity index (χ0n) is 14.9. The molecule has 3 aromatic heterocycles. The lowest BCUT2D eigenvalue weighted by Gasteiger charge is -2.35. The first-order valence-corrected chi connectivity index (χ1v) is 11.6. The Labute approximate surface area is 180 Å². The van der Waals surface area contributed by atoms with Crippen molar-refractivity contribution < 1.29 is 8.42 Å². The molecule has 3 aromatic rings. The Balaban J connectivity index is 1.51. The third-order valence-electron chi connectivity index (χ3n) is 4.49. The van der Waals surface area contributed by atoms with E-state index in [9.17, 15) is 13.2 Å². The van der Waals surface area contributed by atoms with Crippen LogP contribution >= 0.6 is 34.5 Å². The first-order valence-electron chi connectivity index (χ1n) is 8.56. The number of thiophene rings is 1. The molecule has 0 unspecified atom stereocenters. The van der Waals surface area contributed by atoms with Crippen molar-refractivity contribution in [1.82, 2.24) is 19.5 Å². The second-order valence-electron chi connectivity index (χ2n) is 6.27. The molecule has 1 aliphatic rings. The number of H-pyrrole nitrogens is 1. The summed E-state index contributed by atoms with van der Waals surface area (Å²) in [6.07, 6.45) is 3.04. The fourth-order valence-electron chi connectivity index (χ4n) is 3.06. The van der Waals surface area contributed by atoms with Crippen molar-refractivity contribution in [2.75, 3.05) is 31.1 Å². The number of rotatable bonds is 4. The summed E-state index contributed by atoms with van der Waals surface area (Å²) in [4.78, 5) is 17.7. The Bertz CT molecular complexity index is 1160. The Morgan fingerprint density at radius 2 is 1.69 bits per heavy atom. The lowest BCUT2D eigenvalue weighted by atomic mass is 10.3. The number of aromatic nitrogens is 3. The highest BCUT2D eigenvalue weighted by molar-refractivity contribution is 7.91. The maximum atomic E-state index is 13.0. The molecule has 12 heteroatoms. The summed E-state index contributed by atoms with van der Waals surface area (Å²) in [6.45, 7) is 1.54. The van der Waals surface area contributed by atoms with Crippen molar-refractivity contribution in [3.8, 4) is 10.6 Å². The minimum Gasteiger partial charge on any atom is -0.366 e. The van der Waals surface area contributed by atoms with Gasteiger partial charge in [0.25, 0.3) is 15.6 Å². The van der Waals surface area contributed by atoms with E-state index in [0.717, 1.165) is 11.3 Å². The SMILES string of the molecule is O=c1ccc(-c2ccc(S(=O)(=O)N3CCN(c4c(Cl)cncc4Cl)CC3)s2)n[nH]1. The van der Waals surface area contributed by atoms with Crippen LogP contribution in [0.5, 0.6) is 0 Å². The predicted molar refractivity (Wildman–Crippen MR) is 113 cm³/mol. The van der Waals surface area contributed by atoms with Gasteiger partial charge in [0.15, 0.2) is 0 Å². The van der Waals surface area contributed by atoms with Crippen LogP contribution in [0.1, 0.15) is 0 Å². The molecule has 0 atom stereocenters. The van der Waals surface area contributed by atoms with Gasteiger partial charge in [-0.1, -0.05) is 23.2 Å². The number of halogens is 2. The second kappa shape index (κ2) is 8.04. The molecule has 0 radical (unpaired) electrons. The van der Waals surface area contributed by atoms with E-state index in [1.165, 1.54) is 22.8 Å². The first-order chi connectivity index (χ1) is 13.9. The summed E-state index contributed by atoms with van der Waals surface area (Å²) in [6, 6.07) is 6.16. The quantitative estimate of drug-likeness (QED) is 0.627. The van der Waals surface area contributed by atoms with Crippen molar-refractivity contribution >= 4 is 50.2 Å². The first kappa shape index (κ1) is 20.3. The summed E-state index contributed by atoms with van der Waals surface area (Å²) in [7, 11) is -3.64. The fraction of sp³-hybridized carbons (Fsp3) is 0.235. The molecule has 0 amide bonds. The van der Waals surface area contributed by atoms with Gasteiger partial charge in [0, 0.05) is 44.6 Å². The lowest BCUT2D eigenvalue weighted by Crippen LogP contribution is -2.48. The Morgan fingerprint density at radius 1 is 1.00 bits per heavy atom. The van der Waals surface area contributed by atoms with Crippen molar-refractivity contribution in [1.29, 1.82) is 0 Å². The molecule has 0 aromatic carbocycles. The van der Waals surface area contributed by atoms with E-state index in [0.29, 0.717) is 52.5 Å². The highest BCUT2D eigenvalue weighted by Gasteiger charge is 2.31. The van der Waals surface area contributed by atoms with Gasteiger partial charge in [-0.25, -0.2) is 13.5 Å². The zero-order valence-corrected chi connectivity index (χ0v) is 18.0. The molecule has 4 rings (SSSR count). The predicted octanol–water partition coefficient (Wildman–Crippen LogP) is 2.71. The molecular formula is C17H15Cl2N5O3S2. The third-order valence-corrected chi connectivity index (χ3v) is 8.52. The topological polar surface area (TPSA) is 99.3 Å². The second-order valence-corrected chi connectivity index (χ2v) is 10.3. The Kier molecular flexibility index (Phi) is 5.63. The van der Waals surface area contributed by atoms with E-state index < -0.39 is 10.0 Å². The minimum atomic E-state index is -3.64. The summed E-state index contributed by atoms with van der Waals surface area (Å²) in [5.41, 5.74) is 0.871. The van der Waals surface area contributed by atoms with Crippen LogP contribution in [0.25, 0.3) is 10.6 Å². The average molecular weight is 472 g/mol. The molecule has 0 bridgehead atoms. The number of hydrogen-bond acceptors (Lipinski definition) is 7. The minimum absolute atomic E-state index is 0.230. The van der Waals surface area contributed by atoms with Crippen LogP contribution in [-0.4, -0.2) is 54.1 Å². The Morgan fingerprint density at radius 3 is 2.31 bits per heavy atom. The van der Waals surface area contributed by atoms with E-state index in [2.05, 4.69) is 15.2 Å². The van der Waals surface area contributed by atoms with E-state index in [1.807, 2.05) is 4.90 Å². The fourth-order valence-corrected chi connectivity index (χ4v) is 6.52. The largest absolute Gasteiger partial charge is 0.366 e. The van der Waals surface area contributed by atoms with Crippen molar-refractivity contribution in [3.05, 3.63) is 57.1 Å². The smallest absolute Gasteiger partial charge is 0.264 e. The van der Waals surface area contributed by atoms with E-state index in [4.69, 9.17) is 23.2 Å². The molecule has 1 fully saturated rings. The van der Waals surface area contributed by atoms with Crippen LogP contribution in [-0.2, 0) is 10.0 Å². The van der Waals surface area contributed by atoms with Gasteiger partial charge in [0.2, 0.25) is 0 Å². The van der Waals surface area contributed by atoms with Crippen LogP contribution in [0.3, 0.4) is 0 Å². The van der Waals surface area contributed by atoms with Gasteiger partial charge in [0.05, 0.1) is 20.6 Å². The maximum absolute atomic E-state index is 13.0. The third kappa shape index (κ3) is 4.03. The van der Waals surface area contributed by atoms with Crippen LogP contribution in [0, 0.1) is 0 Å². The monoisotopic (exact) mass is 471 g/mol. The van der Waals surface area contributed by atoms with Crippen LogP contribution in [0.4, 0.5) is 5.69 Å². The van der Waals surface area contributed by atoms with Crippen molar-refractivity contribution in [2.45, 2.75) is 4.21 Å². The molecule has 4 heterocycles. The zero-order chi connectivity index (χ0) is 20.6. The molecule has 1 aliphatic heterocycles. The standard InChI is InChI=1S/C17H15Cl2N5O3S2/c18-11-9-20-10-12(19)17(11)23-5-7-24(8-6-23)29(26,27)16-4-2-14(28-16)13-1-3-15(25)22-21-13/h1-4,9-10H,5-8H2,(H,22,25). The number of hydrogen-bond donors (Lipinski definition) is 1. The molecule has 0 aliphatic carbocycles. The lowest BCUT2D eigenvalue weighted by molar-refractivity contribution is 0.386. The van der Waals surface area contributed by atoms with Crippen LogP contribution < -0.4 is 10.5 Å². The molecule has 1 N–H and O–H groups in total. The number of aromatic amines is 1. The molecular weight excluding hydrogens is 457 g/mol. The van der Waals surface area contributed by atoms with Gasteiger partial charge < -0.3 is 4.90 Å². The van der Waals surface area contributed by atoms with Gasteiger partial charge >= 0.3 is 0 Å². The number of pyridine rings is 1. The number of sulfonamides is 1. The van der Waals surface area contributed by atoms with E-state index >= 15 is 0 Å². The van der Waals surface area contributed by atoms with Gasteiger partial charge in [-0.3, -0.25) is 9.78 Å². The number of nitrogens with zero attached hydrogens (tertiary/aromatic N) is 4. The van der Waals surface area contributed by atoms with Crippen LogP contribution in [0.15, 0.2) is 45.7 Å². The van der Waals surface area contributed by atoms with Crippen molar-refractivity contribution in [2.24, 2.45) is 0 Å². The maximum Gasteiger partial charge on any atom is 0.264 e. The molecule has 0 spiro atoms. The summed E-state index contributed by atoms with van der Waals surface area (Å²) < 4.78 is 27.8. The van der Waals surface area contributed by atoms with Gasteiger partial charge in [-0.15, -0.1) is 11.3 Å². The molecule has 0 saturated carbocycles. The number of nitrogens with one attached hydrogen (secondary N) is 1. The van der Waals surface area contributed by atoms with Gasteiger partial charge in [-0.05, 0) is 18.2 Å². The normalized spacial score (nSPS) is 15.6. The van der Waals surface area contributed by atoms with Crippen LogP contribution in [0.2, 0.25) is 10.0 Å². The van der Waals surface area contributed by atoms with E-state index in [1.54, 1.807) is 18.2 Å². The number of piperazine rings is 1. The molecule has 152 valence electrons. The summed E-state index contributed by atoms with van der Waals surface area (Å²) in [5, 5.41) is 7.16. The average Bonchev–Trinajstić information content (AvgIpc) is 3.20. The van der Waals surface area contributed by atoms with Gasteiger partial charge in [-0.2, -0.15) is 9.40 Å². The molecule has 29 heavy (non-hydrogen) atoms. The van der Waals surface area contributed by atoms with E-state index in [-0.39, 0.29) is 9.77 Å². The molecule has 8 nitrogen and oxygen atoms in total. The molecule has 1 saturated heterocycles. The highest BCUT2D eigenvalue weighted by Crippen LogP contribution is 2.35. The Hall–Kier alpha value is -1.98. The van der Waals surface area contributed by atoms with Gasteiger partial charge in [0.1, 0.15) is 9.90 Å². The highest BCUT2D eigenvalue weighted by atomic mass is 35.5. The summed E-state index contributed by atoms with van der Waals surface area (Å²) >= 11 is 13.5.